The van der Waals surface area contributed by atoms with Gasteiger partial charge in [0.25, 0.3) is 0 Å². The van der Waals surface area contributed by atoms with Gasteiger partial charge in [-0.1, -0.05) is 28.5 Å². The van der Waals surface area contributed by atoms with Gasteiger partial charge in [-0.15, -0.1) is 0 Å². The molecule has 0 fully saturated rings. The fourth-order valence-corrected chi connectivity index (χ4v) is 2.60. The molecular weight excluding hydrogens is 193 g/mol. The largest absolute Gasteiger partial charge is 0.339 e. The molecule has 2 nitrogen and oxygen atoms in total. The number of carbonyl (C=O) groups excluding carboxylic acids is 1. The Balaban J connectivity index is 2.81. The maximum absolute atomic E-state index is 11.3. The van der Waals surface area contributed by atoms with Gasteiger partial charge in [0.05, 0.1) is 0 Å². The van der Waals surface area contributed by atoms with Crippen molar-refractivity contribution in [3.63, 3.8) is 0 Å². The topological polar surface area (TPSA) is 20.3 Å². The van der Waals surface area contributed by atoms with Crippen LogP contribution >= 0.6 is 8.58 Å². The highest BCUT2D eigenvalue weighted by atomic mass is 31.1. The van der Waals surface area contributed by atoms with Crippen LogP contribution in [0.1, 0.15) is 27.2 Å². The van der Waals surface area contributed by atoms with Gasteiger partial charge in [0.2, 0.25) is 5.91 Å². The van der Waals surface area contributed by atoms with Crippen LogP contribution in [0.15, 0.2) is 11.4 Å². The monoisotopic (exact) mass is 213 g/mol. The summed E-state index contributed by atoms with van der Waals surface area (Å²) >= 11 is 0. The Morgan fingerprint density at radius 1 is 1.57 bits per heavy atom. The number of rotatable bonds is 1. The Labute approximate surface area is 88.5 Å². The molecule has 80 valence electrons. The Morgan fingerprint density at radius 2 is 2.21 bits per heavy atom. The molecule has 1 unspecified atom stereocenters. The van der Waals surface area contributed by atoms with Gasteiger partial charge < -0.3 is 4.90 Å². The number of nitrogens with zero attached hydrogens (tertiary/aromatic N) is 1. The third-order valence-corrected chi connectivity index (χ3v) is 3.66. The zero-order valence-corrected chi connectivity index (χ0v) is 10.6. The lowest BCUT2D eigenvalue weighted by Crippen LogP contribution is -2.30. The molecule has 3 heteroatoms. The highest BCUT2D eigenvalue weighted by molar-refractivity contribution is 7.42. The molecule has 14 heavy (non-hydrogen) atoms. The summed E-state index contributed by atoms with van der Waals surface area (Å²) in [5.41, 5.74) is 0.253. The van der Waals surface area contributed by atoms with Crippen molar-refractivity contribution in [2.24, 2.45) is 5.41 Å². The van der Waals surface area contributed by atoms with E-state index in [2.05, 4.69) is 26.6 Å². The normalized spacial score (nSPS) is 22.3. The molecule has 0 aromatic carbocycles. The summed E-state index contributed by atoms with van der Waals surface area (Å²) in [6.45, 7) is 10.1. The van der Waals surface area contributed by atoms with E-state index in [-0.39, 0.29) is 11.3 Å². The van der Waals surface area contributed by atoms with Crippen LogP contribution in [-0.4, -0.2) is 30.6 Å². The molecule has 1 rings (SSSR count). The van der Waals surface area contributed by atoms with E-state index in [0.717, 1.165) is 28.1 Å². The van der Waals surface area contributed by atoms with Crippen LogP contribution in [0.5, 0.6) is 0 Å². The van der Waals surface area contributed by atoms with Crippen molar-refractivity contribution >= 4 is 14.5 Å². The number of hydrogen-bond acceptors (Lipinski definition) is 1. The van der Waals surface area contributed by atoms with E-state index in [0.29, 0.717) is 0 Å². The van der Waals surface area contributed by atoms with Gasteiger partial charge in [-0.25, -0.2) is 0 Å². The number of carbonyl (C=O) groups is 1. The minimum Gasteiger partial charge on any atom is -0.339 e. The van der Waals surface area contributed by atoms with E-state index in [1.165, 1.54) is 5.31 Å². The summed E-state index contributed by atoms with van der Waals surface area (Å²) in [7, 11) is 0.815. The number of hydrogen-bond donors (Lipinski definition) is 0. The fourth-order valence-electron chi connectivity index (χ4n) is 1.72. The number of amides is 1. The van der Waals surface area contributed by atoms with Crippen molar-refractivity contribution in [1.82, 2.24) is 4.90 Å². The van der Waals surface area contributed by atoms with Gasteiger partial charge in [0.15, 0.2) is 0 Å². The number of allylic oxidation sites excluding steroid dienone is 1. The molecule has 0 spiro atoms. The highest BCUT2D eigenvalue weighted by Crippen LogP contribution is 2.33. The summed E-state index contributed by atoms with van der Waals surface area (Å²) in [4.78, 5) is 13.3. The molecule has 1 heterocycles. The van der Waals surface area contributed by atoms with Crippen LogP contribution in [0.25, 0.3) is 0 Å². The fraction of sp³-hybridized carbons (Fsp3) is 0.727. The molecule has 0 aromatic rings. The van der Waals surface area contributed by atoms with Gasteiger partial charge >= 0.3 is 0 Å². The van der Waals surface area contributed by atoms with Crippen molar-refractivity contribution in [2.75, 3.05) is 19.8 Å². The maximum Gasteiger partial charge on any atom is 0.219 e. The standard InChI is InChI=1S/C11H20NOP/c1-9(13)12-6-5-11(2,3)7-10(8-12)14-4/h7,14H,5-6,8H2,1-4H3. The van der Waals surface area contributed by atoms with Crippen molar-refractivity contribution < 1.29 is 4.79 Å². The van der Waals surface area contributed by atoms with E-state index in [9.17, 15) is 4.79 Å². The molecule has 0 radical (unpaired) electrons. The van der Waals surface area contributed by atoms with Crippen LogP contribution in [0.3, 0.4) is 0 Å². The minimum absolute atomic E-state index is 0.201. The van der Waals surface area contributed by atoms with Gasteiger partial charge in [-0.3, -0.25) is 4.79 Å². The highest BCUT2D eigenvalue weighted by Gasteiger charge is 2.23. The third-order valence-electron chi connectivity index (χ3n) is 2.72. The van der Waals surface area contributed by atoms with Crippen LogP contribution in [0, 0.1) is 5.41 Å². The second-order valence-corrected chi connectivity index (χ2v) is 5.74. The predicted octanol–water partition coefficient (Wildman–Crippen LogP) is 2.46. The molecule has 1 aliphatic heterocycles. The molecule has 1 atom stereocenters. The molecule has 0 bridgehead atoms. The van der Waals surface area contributed by atoms with Crippen molar-refractivity contribution in [3.8, 4) is 0 Å². The first-order valence-corrected chi connectivity index (χ1v) is 6.59. The molecule has 1 amide bonds. The Bertz CT molecular complexity index is 258. The van der Waals surface area contributed by atoms with Crippen LogP contribution in [0.4, 0.5) is 0 Å². The van der Waals surface area contributed by atoms with Crippen LogP contribution in [-0.2, 0) is 4.79 Å². The lowest BCUT2D eigenvalue weighted by atomic mass is 9.89. The molecule has 0 saturated heterocycles. The van der Waals surface area contributed by atoms with Crippen molar-refractivity contribution in [2.45, 2.75) is 27.2 Å². The molecule has 0 aliphatic carbocycles. The second-order valence-electron chi connectivity index (χ2n) is 4.60. The smallest absolute Gasteiger partial charge is 0.219 e. The quantitative estimate of drug-likeness (QED) is 0.613. The lowest BCUT2D eigenvalue weighted by molar-refractivity contribution is -0.128. The van der Waals surface area contributed by atoms with Crippen LogP contribution in [0.2, 0.25) is 0 Å². The Kier molecular flexibility index (Phi) is 3.71. The van der Waals surface area contributed by atoms with Gasteiger partial charge in [-0.05, 0) is 23.8 Å². The van der Waals surface area contributed by atoms with Crippen molar-refractivity contribution in [3.05, 3.63) is 11.4 Å². The summed E-state index contributed by atoms with van der Waals surface area (Å²) in [5, 5.41) is 1.42. The minimum atomic E-state index is 0.201. The third kappa shape index (κ3) is 3.09. The first-order chi connectivity index (χ1) is 6.44. The molecule has 0 saturated carbocycles. The Hall–Kier alpha value is -0.360. The van der Waals surface area contributed by atoms with E-state index >= 15 is 0 Å². The van der Waals surface area contributed by atoms with Crippen molar-refractivity contribution in [1.29, 1.82) is 0 Å². The molecule has 0 aromatic heterocycles. The maximum atomic E-state index is 11.3. The van der Waals surface area contributed by atoms with E-state index in [1.807, 2.05) is 4.90 Å². The lowest BCUT2D eigenvalue weighted by Gasteiger charge is -2.21. The average Bonchev–Trinajstić information content (AvgIpc) is 2.23. The van der Waals surface area contributed by atoms with E-state index < -0.39 is 0 Å². The summed E-state index contributed by atoms with van der Waals surface area (Å²) in [6, 6.07) is 0. The molecule has 0 N–H and O–H groups in total. The first kappa shape index (κ1) is 11.7. The second kappa shape index (κ2) is 4.44. The molecule has 1 aliphatic rings. The van der Waals surface area contributed by atoms with Gasteiger partial charge in [-0.2, -0.15) is 0 Å². The predicted molar refractivity (Wildman–Crippen MR) is 63.0 cm³/mol. The van der Waals surface area contributed by atoms with E-state index in [4.69, 9.17) is 0 Å². The SMILES string of the molecule is CPC1=CC(C)(C)CCN(C(C)=O)C1. The first-order valence-electron chi connectivity index (χ1n) is 5.09. The van der Waals surface area contributed by atoms with Crippen LogP contribution < -0.4 is 0 Å². The molecular formula is C11H20NOP. The zero-order valence-electron chi connectivity index (χ0n) is 9.55. The average molecular weight is 213 g/mol. The van der Waals surface area contributed by atoms with Gasteiger partial charge in [0, 0.05) is 20.0 Å². The van der Waals surface area contributed by atoms with E-state index in [1.54, 1.807) is 6.92 Å². The van der Waals surface area contributed by atoms with Gasteiger partial charge in [0.1, 0.15) is 0 Å². The summed E-state index contributed by atoms with van der Waals surface area (Å²) < 4.78 is 0. The summed E-state index contributed by atoms with van der Waals surface area (Å²) in [5.74, 6) is 0.201. The summed E-state index contributed by atoms with van der Waals surface area (Å²) in [6.07, 6.45) is 3.43. The zero-order chi connectivity index (χ0) is 10.8. The Morgan fingerprint density at radius 3 is 2.71 bits per heavy atom.